The van der Waals surface area contributed by atoms with Crippen molar-refractivity contribution in [3.05, 3.63) is 0 Å². The molecular formula is C9H21B. The lowest BCUT2D eigenvalue weighted by atomic mass is 9.51. The Kier molecular flexibility index (Phi) is 7.22. The van der Waals surface area contributed by atoms with Gasteiger partial charge in [0, 0.05) is 0 Å². The van der Waals surface area contributed by atoms with E-state index in [1.807, 2.05) is 0 Å². The Morgan fingerprint density at radius 1 is 0.900 bits per heavy atom. The smallest absolute Gasteiger partial charge is 0.0863 e. The van der Waals surface area contributed by atoms with Gasteiger partial charge in [0.15, 0.2) is 0 Å². The van der Waals surface area contributed by atoms with Crippen molar-refractivity contribution in [1.29, 1.82) is 0 Å². The second-order valence-electron chi connectivity index (χ2n) is 3.60. The molecule has 0 saturated carbocycles. The van der Waals surface area contributed by atoms with E-state index in [9.17, 15) is 0 Å². The van der Waals surface area contributed by atoms with Crippen LogP contribution in [-0.2, 0) is 0 Å². The minimum absolute atomic E-state index is 0.904. The van der Waals surface area contributed by atoms with E-state index in [-0.39, 0.29) is 0 Å². The summed E-state index contributed by atoms with van der Waals surface area (Å²) in [6.07, 6.45) is 8.55. The third-order valence-electron chi connectivity index (χ3n) is 1.89. The van der Waals surface area contributed by atoms with Gasteiger partial charge in [-0.15, -0.1) is 0 Å². The minimum atomic E-state index is 0.904. The Morgan fingerprint density at radius 2 is 1.50 bits per heavy atom. The molecule has 60 valence electrons. The zero-order valence-corrected chi connectivity index (χ0v) is 7.82. The normalized spacial score (nSPS) is 9.90. The molecule has 0 aromatic carbocycles. The Bertz CT molecular complexity index is 59.7. The molecule has 0 fully saturated rings. The van der Waals surface area contributed by atoms with Crippen LogP contribution in [0.1, 0.15) is 39.0 Å². The zero-order valence-electron chi connectivity index (χ0n) is 7.82. The summed E-state index contributed by atoms with van der Waals surface area (Å²) in [7, 11) is 0. The average Bonchev–Trinajstić information content (AvgIpc) is 1.87. The quantitative estimate of drug-likeness (QED) is 0.389. The predicted molar refractivity (Wildman–Crippen MR) is 51.0 cm³/mol. The van der Waals surface area contributed by atoms with E-state index in [2.05, 4.69) is 20.6 Å². The SMILES string of the molecule is CCCCCCCB(C)C. The fraction of sp³-hybridized carbons (Fsp3) is 1.00. The predicted octanol–water partition coefficient (Wildman–Crippen LogP) is 3.71. The lowest BCUT2D eigenvalue weighted by molar-refractivity contribution is 0.654. The summed E-state index contributed by atoms with van der Waals surface area (Å²) in [6, 6.07) is 0. The molecule has 0 N–H and O–H groups in total. The first kappa shape index (κ1) is 10.1. The van der Waals surface area contributed by atoms with Gasteiger partial charge in [-0.25, -0.2) is 0 Å². The lowest BCUT2D eigenvalue weighted by Gasteiger charge is -2.00. The molecule has 0 aromatic rings. The van der Waals surface area contributed by atoms with Gasteiger partial charge in [0.25, 0.3) is 0 Å². The second-order valence-corrected chi connectivity index (χ2v) is 3.60. The van der Waals surface area contributed by atoms with Crippen LogP contribution >= 0.6 is 0 Å². The summed E-state index contributed by atoms with van der Waals surface area (Å²) in [4.78, 5) is 0. The van der Waals surface area contributed by atoms with Gasteiger partial charge in [0.2, 0.25) is 0 Å². The fourth-order valence-corrected chi connectivity index (χ4v) is 1.16. The van der Waals surface area contributed by atoms with E-state index in [0.29, 0.717) is 0 Å². The molecule has 0 aromatic heterocycles. The first-order valence-corrected chi connectivity index (χ1v) is 4.77. The van der Waals surface area contributed by atoms with Crippen LogP contribution in [-0.4, -0.2) is 6.71 Å². The first-order chi connectivity index (χ1) is 4.77. The van der Waals surface area contributed by atoms with E-state index in [1.165, 1.54) is 38.4 Å². The molecule has 0 spiro atoms. The summed E-state index contributed by atoms with van der Waals surface area (Å²) in [5.41, 5.74) is 0. The molecule has 0 aliphatic heterocycles. The van der Waals surface area contributed by atoms with Crippen LogP contribution in [0.2, 0.25) is 20.0 Å². The zero-order chi connectivity index (χ0) is 7.82. The minimum Gasteiger partial charge on any atom is -0.0863 e. The van der Waals surface area contributed by atoms with Crippen molar-refractivity contribution in [2.45, 2.75) is 59.0 Å². The molecule has 0 aliphatic carbocycles. The molecule has 0 amide bonds. The van der Waals surface area contributed by atoms with Gasteiger partial charge in [-0.3, -0.25) is 0 Å². The van der Waals surface area contributed by atoms with Gasteiger partial charge in [0.1, 0.15) is 6.71 Å². The number of rotatable bonds is 6. The lowest BCUT2D eigenvalue weighted by Crippen LogP contribution is -1.97. The van der Waals surface area contributed by atoms with Crippen molar-refractivity contribution in [2.24, 2.45) is 0 Å². The molecule has 0 saturated heterocycles. The first-order valence-electron chi connectivity index (χ1n) is 4.77. The van der Waals surface area contributed by atoms with Gasteiger partial charge in [0.05, 0.1) is 0 Å². The van der Waals surface area contributed by atoms with Crippen molar-refractivity contribution in [3.63, 3.8) is 0 Å². The standard InChI is InChI=1S/C9H21B/c1-4-5-6-7-8-9-10(2)3/h4-9H2,1-3H3. The summed E-state index contributed by atoms with van der Waals surface area (Å²) >= 11 is 0. The molecule has 0 atom stereocenters. The van der Waals surface area contributed by atoms with Crippen molar-refractivity contribution < 1.29 is 0 Å². The highest BCUT2D eigenvalue weighted by Gasteiger charge is 1.96. The van der Waals surface area contributed by atoms with Gasteiger partial charge in [-0.1, -0.05) is 59.0 Å². The number of hydrogen-bond acceptors (Lipinski definition) is 0. The highest BCUT2D eigenvalue weighted by molar-refractivity contribution is 6.55. The Balaban J connectivity index is 2.77. The van der Waals surface area contributed by atoms with Crippen LogP contribution in [0.4, 0.5) is 0 Å². The van der Waals surface area contributed by atoms with Crippen LogP contribution in [0.15, 0.2) is 0 Å². The van der Waals surface area contributed by atoms with Gasteiger partial charge >= 0.3 is 0 Å². The maximum Gasteiger partial charge on any atom is 0.133 e. The molecule has 0 rings (SSSR count). The average molecular weight is 140 g/mol. The molecule has 0 aliphatic rings. The largest absolute Gasteiger partial charge is 0.133 e. The highest BCUT2D eigenvalue weighted by Crippen LogP contribution is 2.06. The Labute approximate surface area is 66.5 Å². The molecule has 0 unspecified atom stereocenters. The van der Waals surface area contributed by atoms with E-state index in [0.717, 1.165) is 6.71 Å². The molecule has 0 heterocycles. The van der Waals surface area contributed by atoms with Gasteiger partial charge < -0.3 is 0 Å². The van der Waals surface area contributed by atoms with Gasteiger partial charge in [-0.2, -0.15) is 0 Å². The van der Waals surface area contributed by atoms with Crippen molar-refractivity contribution in [1.82, 2.24) is 0 Å². The van der Waals surface area contributed by atoms with E-state index in [1.54, 1.807) is 0 Å². The number of unbranched alkanes of at least 4 members (excludes halogenated alkanes) is 4. The molecular weight excluding hydrogens is 119 g/mol. The third-order valence-corrected chi connectivity index (χ3v) is 1.89. The summed E-state index contributed by atoms with van der Waals surface area (Å²) in [6.45, 7) is 7.78. The monoisotopic (exact) mass is 140 g/mol. The van der Waals surface area contributed by atoms with Crippen LogP contribution < -0.4 is 0 Å². The van der Waals surface area contributed by atoms with Crippen LogP contribution in [0.5, 0.6) is 0 Å². The van der Waals surface area contributed by atoms with Crippen molar-refractivity contribution in [2.75, 3.05) is 0 Å². The number of hydrogen-bond donors (Lipinski definition) is 0. The van der Waals surface area contributed by atoms with Crippen molar-refractivity contribution in [3.8, 4) is 0 Å². The van der Waals surface area contributed by atoms with Crippen LogP contribution in [0.3, 0.4) is 0 Å². The summed E-state index contributed by atoms with van der Waals surface area (Å²) in [5, 5.41) is 0. The van der Waals surface area contributed by atoms with E-state index >= 15 is 0 Å². The molecule has 1 heteroatoms. The van der Waals surface area contributed by atoms with Gasteiger partial charge in [-0.05, 0) is 0 Å². The second kappa shape index (κ2) is 7.18. The summed E-state index contributed by atoms with van der Waals surface area (Å²) in [5.74, 6) is 0. The topological polar surface area (TPSA) is 0 Å². The Morgan fingerprint density at radius 3 is 2.00 bits per heavy atom. The van der Waals surface area contributed by atoms with Crippen LogP contribution in [0, 0.1) is 0 Å². The van der Waals surface area contributed by atoms with E-state index in [4.69, 9.17) is 0 Å². The molecule has 0 radical (unpaired) electrons. The molecule has 0 bridgehead atoms. The highest BCUT2D eigenvalue weighted by atomic mass is 13.9. The molecule has 10 heavy (non-hydrogen) atoms. The van der Waals surface area contributed by atoms with Crippen molar-refractivity contribution >= 4 is 6.71 Å². The Hall–Kier alpha value is 0.0649. The molecule has 0 nitrogen and oxygen atoms in total. The maximum absolute atomic E-state index is 2.31. The summed E-state index contributed by atoms with van der Waals surface area (Å²) < 4.78 is 0. The fourth-order valence-electron chi connectivity index (χ4n) is 1.16. The van der Waals surface area contributed by atoms with Crippen LogP contribution in [0.25, 0.3) is 0 Å². The maximum atomic E-state index is 2.31. The third kappa shape index (κ3) is 8.06. The van der Waals surface area contributed by atoms with E-state index < -0.39 is 0 Å².